The van der Waals surface area contributed by atoms with Crippen molar-refractivity contribution in [1.29, 1.82) is 0 Å². The van der Waals surface area contributed by atoms with Gasteiger partial charge >= 0.3 is 0 Å². The van der Waals surface area contributed by atoms with Crippen LogP contribution < -0.4 is 5.32 Å². The van der Waals surface area contributed by atoms with E-state index < -0.39 is 16.6 Å². The molecule has 0 radical (unpaired) electrons. The van der Waals surface area contributed by atoms with Gasteiger partial charge in [-0.1, -0.05) is 0 Å². The minimum Gasteiger partial charge on any atom is -0.338 e. The topological polar surface area (TPSA) is 75.5 Å². The second-order valence-corrected chi connectivity index (χ2v) is 5.17. The minimum absolute atomic E-state index is 0.00960. The number of amides is 1. The smallest absolute Gasteiger partial charge is 0.282 e. The van der Waals surface area contributed by atoms with Gasteiger partial charge in [-0.05, 0) is 44.5 Å². The summed E-state index contributed by atoms with van der Waals surface area (Å²) in [6, 6.07) is 2.97. The Morgan fingerprint density at radius 2 is 2.19 bits per heavy atom. The molecule has 0 bridgehead atoms. The quantitative estimate of drug-likeness (QED) is 0.683. The van der Waals surface area contributed by atoms with Gasteiger partial charge in [-0.3, -0.25) is 14.9 Å². The predicted molar refractivity (Wildman–Crippen MR) is 75.7 cm³/mol. The highest BCUT2D eigenvalue weighted by atomic mass is 19.1. The fourth-order valence-corrected chi connectivity index (χ4v) is 2.58. The number of carbonyl (C=O) groups is 1. The molecule has 1 saturated heterocycles. The molecular formula is C14H18FN3O3. The molecule has 0 aromatic heterocycles. The van der Waals surface area contributed by atoms with Crippen molar-refractivity contribution in [3.63, 3.8) is 0 Å². The Morgan fingerprint density at radius 1 is 1.43 bits per heavy atom. The van der Waals surface area contributed by atoms with E-state index in [2.05, 4.69) is 5.32 Å². The van der Waals surface area contributed by atoms with Crippen molar-refractivity contribution >= 4 is 11.6 Å². The summed E-state index contributed by atoms with van der Waals surface area (Å²) in [5.74, 6) is -1.16. The average Bonchev–Trinajstić information content (AvgIpc) is 2.74. The Labute approximate surface area is 122 Å². The van der Waals surface area contributed by atoms with Crippen LogP contribution in [-0.4, -0.2) is 41.9 Å². The van der Waals surface area contributed by atoms with E-state index in [1.807, 2.05) is 0 Å². The number of rotatable bonds is 3. The first kappa shape index (κ1) is 15.4. The van der Waals surface area contributed by atoms with Crippen molar-refractivity contribution in [3.8, 4) is 0 Å². The molecule has 1 atom stereocenters. The molecule has 114 valence electrons. The van der Waals surface area contributed by atoms with E-state index >= 15 is 0 Å². The first-order valence-electron chi connectivity index (χ1n) is 6.92. The van der Waals surface area contributed by atoms with Gasteiger partial charge in [0.15, 0.2) is 0 Å². The van der Waals surface area contributed by atoms with Gasteiger partial charge in [0.05, 0.1) is 4.92 Å². The molecule has 1 heterocycles. The van der Waals surface area contributed by atoms with Crippen LogP contribution in [0.5, 0.6) is 0 Å². The van der Waals surface area contributed by atoms with Crippen molar-refractivity contribution in [2.45, 2.75) is 25.3 Å². The van der Waals surface area contributed by atoms with Crippen molar-refractivity contribution in [2.75, 3.05) is 20.1 Å². The Bertz CT molecular complexity index is 542. The molecule has 1 aromatic carbocycles. The molecule has 1 N–H and O–H groups in total. The number of nitro benzene ring substituents is 1. The van der Waals surface area contributed by atoms with Gasteiger partial charge in [-0.15, -0.1) is 0 Å². The minimum atomic E-state index is -0.658. The molecule has 0 spiro atoms. The van der Waals surface area contributed by atoms with E-state index in [1.54, 1.807) is 7.05 Å². The molecule has 6 nitrogen and oxygen atoms in total. The van der Waals surface area contributed by atoms with Crippen LogP contribution in [0.1, 0.15) is 29.6 Å². The average molecular weight is 295 g/mol. The normalized spacial score (nSPS) is 18.9. The van der Waals surface area contributed by atoms with Gasteiger partial charge in [-0.25, -0.2) is 4.39 Å². The second-order valence-electron chi connectivity index (χ2n) is 5.17. The second kappa shape index (κ2) is 6.62. The maximum absolute atomic E-state index is 13.3. The van der Waals surface area contributed by atoms with E-state index in [0.717, 1.165) is 50.6 Å². The largest absolute Gasteiger partial charge is 0.338 e. The lowest BCUT2D eigenvalue weighted by atomic mass is 10.1. The van der Waals surface area contributed by atoms with Gasteiger partial charge in [0, 0.05) is 19.2 Å². The van der Waals surface area contributed by atoms with E-state index in [0.29, 0.717) is 0 Å². The zero-order valence-corrected chi connectivity index (χ0v) is 11.8. The maximum Gasteiger partial charge on any atom is 0.282 e. The summed E-state index contributed by atoms with van der Waals surface area (Å²) in [7, 11) is 1.62. The number of halogens is 1. The summed E-state index contributed by atoms with van der Waals surface area (Å²) in [6.45, 7) is 1.70. The SMILES string of the molecule is CN(C(=O)c1cc(F)ccc1[N+](=O)[O-])C1CCCNCC1. The lowest BCUT2D eigenvalue weighted by molar-refractivity contribution is -0.385. The Kier molecular flexibility index (Phi) is 4.85. The van der Waals surface area contributed by atoms with Gasteiger partial charge < -0.3 is 10.2 Å². The molecule has 1 unspecified atom stereocenters. The van der Waals surface area contributed by atoms with Crippen LogP contribution in [0.2, 0.25) is 0 Å². The number of nitrogens with zero attached hydrogens (tertiary/aromatic N) is 2. The Morgan fingerprint density at radius 3 is 2.90 bits per heavy atom. The van der Waals surface area contributed by atoms with Gasteiger partial charge in [-0.2, -0.15) is 0 Å². The molecule has 1 aliphatic rings. The predicted octanol–water partition coefficient (Wildman–Crippen LogP) is 1.95. The molecule has 2 rings (SSSR count). The molecule has 21 heavy (non-hydrogen) atoms. The maximum atomic E-state index is 13.3. The molecule has 0 saturated carbocycles. The van der Waals surface area contributed by atoms with Gasteiger partial charge in [0.25, 0.3) is 11.6 Å². The van der Waals surface area contributed by atoms with E-state index in [4.69, 9.17) is 0 Å². The zero-order chi connectivity index (χ0) is 15.4. The standard InChI is InChI=1S/C14H18FN3O3/c1-17(11-3-2-7-16-8-6-11)14(19)12-9-10(15)4-5-13(12)18(20)21/h4-5,9,11,16H,2-3,6-8H2,1H3. The number of hydrogen-bond acceptors (Lipinski definition) is 4. The van der Waals surface area contributed by atoms with Gasteiger partial charge in [0.1, 0.15) is 11.4 Å². The number of hydrogen-bond donors (Lipinski definition) is 1. The molecule has 1 fully saturated rings. The zero-order valence-electron chi connectivity index (χ0n) is 11.8. The number of nitro groups is 1. The van der Waals surface area contributed by atoms with Gasteiger partial charge in [0.2, 0.25) is 0 Å². The van der Waals surface area contributed by atoms with E-state index in [9.17, 15) is 19.3 Å². The lowest BCUT2D eigenvalue weighted by Gasteiger charge is -2.27. The highest BCUT2D eigenvalue weighted by Gasteiger charge is 2.27. The summed E-state index contributed by atoms with van der Waals surface area (Å²) in [5, 5.41) is 14.2. The fraction of sp³-hybridized carbons (Fsp3) is 0.500. The van der Waals surface area contributed by atoms with Crippen LogP contribution in [0, 0.1) is 15.9 Å². The third-order valence-electron chi connectivity index (χ3n) is 3.80. The summed E-state index contributed by atoms with van der Waals surface area (Å²) < 4.78 is 13.3. The lowest BCUT2D eigenvalue weighted by Crippen LogP contribution is -2.37. The molecule has 7 heteroatoms. The first-order chi connectivity index (χ1) is 10.0. The first-order valence-corrected chi connectivity index (χ1v) is 6.92. The van der Waals surface area contributed by atoms with Crippen LogP contribution in [0.15, 0.2) is 18.2 Å². The number of nitrogens with one attached hydrogen (secondary N) is 1. The molecule has 1 aliphatic heterocycles. The van der Waals surface area contributed by atoms with Crippen molar-refractivity contribution < 1.29 is 14.1 Å². The highest BCUT2D eigenvalue weighted by molar-refractivity contribution is 5.98. The van der Waals surface area contributed by atoms with E-state index in [1.165, 1.54) is 4.90 Å². The molecule has 0 aliphatic carbocycles. The third-order valence-corrected chi connectivity index (χ3v) is 3.80. The molecule has 1 aromatic rings. The molecular weight excluding hydrogens is 277 g/mol. The molecule has 1 amide bonds. The highest BCUT2D eigenvalue weighted by Crippen LogP contribution is 2.23. The fourth-order valence-electron chi connectivity index (χ4n) is 2.58. The monoisotopic (exact) mass is 295 g/mol. The van der Waals surface area contributed by atoms with Crippen molar-refractivity contribution in [1.82, 2.24) is 10.2 Å². The van der Waals surface area contributed by atoms with Crippen LogP contribution in [0.4, 0.5) is 10.1 Å². The van der Waals surface area contributed by atoms with Crippen molar-refractivity contribution in [3.05, 3.63) is 39.7 Å². The van der Waals surface area contributed by atoms with Crippen LogP contribution in [-0.2, 0) is 0 Å². The summed E-state index contributed by atoms with van der Waals surface area (Å²) >= 11 is 0. The van der Waals surface area contributed by atoms with Crippen LogP contribution >= 0.6 is 0 Å². The number of benzene rings is 1. The summed E-state index contributed by atoms with van der Waals surface area (Å²) in [6.07, 6.45) is 2.55. The Hall–Kier alpha value is -2.02. The number of carbonyl (C=O) groups excluding carboxylic acids is 1. The third kappa shape index (κ3) is 3.55. The van der Waals surface area contributed by atoms with Crippen LogP contribution in [0.3, 0.4) is 0 Å². The van der Waals surface area contributed by atoms with Crippen LogP contribution in [0.25, 0.3) is 0 Å². The van der Waals surface area contributed by atoms with Crippen molar-refractivity contribution in [2.24, 2.45) is 0 Å². The Balaban J connectivity index is 2.26. The summed E-state index contributed by atoms with van der Waals surface area (Å²) in [5.41, 5.74) is -0.556. The summed E-state index contributed by atoms with van der Waals surface area (Å²) in [4.78, 5) is 24.3. The van der Waals surface area contributed by atoms with E-state index in [-0.39, 0.29) is 17.3 Å².